The second-order valence-electron chi connectivity index (χ2n) is 2.59. The Morgan fingerprint density at radius 1 is 1.44 bits per heavy atom. The SMILES string of the molecule is O=C(O)c1cc(SCCSC(F)(F)F)cs1. The van der Waals surface area contributed by atoms with Crippen LogP contribution in [0.25, 0.3) is 0 Å². The summed E-state index contributed by atoms with van der Waals surface area (Å²) >= 11 is 2.23. The molecule has 0 aliphatic rings. The highest BCUT2D eigenvalue weighted by atomic mass is 32.2. The Kier molecular flexibility index (Phi) is 5.00. The molecule has 0 spiro atoms. The van der Waals surface area contributed by atoms with Gasteiger partial charge in [0.25, 0.3) is 0 Å². The zero-order valence-corrected chi connectivity index (χ0v) is 10.2. The van der Waals surface area contributed by atoms with Gasteiger partial charge in [0.1, 0.15) is 4.88 Å². The average Bonchev–Trinajstić information content (AvgIpc) is 2.59. The summed E-state index contributed by atoms with van der Waals surface area (Å²) in [7, 11) is 0. The quantitative estimate of drug-likeness (QED) is 0.660. The molecule has 0 aromatic carbocycles. The number of rotatable bonds is 5. The van der Waals surface area contributed by atoms with E-state index in [4.69, 9.17) is 5.11 Å². The van der Waals surface area contributed by atoms with E-state index in [-0.39, 0.29) is 22.4 Å². The minimum Gasteiger partial charge on any atom is -0.477 e. The van der Waals surface area contributed by atoms with E-state index >= 15 is 0 Å². The lowest BCUT2D eigenvalue weighted by Gasteiger charge is -2.03. The molecule has 1 heterocycles. The van der Waals surface area contributed by atoms with Gasteiger partial charge in [0.05, 0.1) is 0 Å². The standard InChI is InChI=1S/C8H7F3O2S3/c9-8(10,11)16-2-1-14-5-3-6(7(12)13)15-4-5/h3-4H,1-2H2,(H,12,13). The minimum absolute atomic E-state index is 0.0353. The Labute approximate surface area is 102 Å². The maximum Gasteiger partial charge on any atom is 0.441 e. The Hall–Kier alpha value is -0.340. The molecular formula is C8H7F3O2S3. The summed E-state index contributed by atoms with van der Waals surface area (Å²) in [6.45, 7) is 0. The van der Waals surface area contributed by atoms with E-state index in [1.54, 1.807) is 5.38 Å². The molecule has 16 heavy (non-hydrogen) atoms. The molecule has 1 aromatic rings. The molecule has 0 aliphatic heterocycles. The van der Waals surface area contributed by atoms with Gasteiger partial charge in [-0.1, -0.05) is 11.8 Å². The number of thiophene rings is 1. The van der Waals surface area contributed by atoms with Crippen LogP contribution in [0.4, 0.5) is 13.2 Å². The van der Waals surface area contributed by atoms with Crippen LogP contribution in [0, 0.1) is 0 Å². The van der Waals surface area contributed by atoms with Crippen molar-refractivity contribution in [2.45, 2.75) is 10.4 Å². The van der Waals surface area contributed by atoms with Gasteiger partial charge in [-0.2, -0.15) is 13.2 Å². The number of hydrogen-bond acceptors (Lipinski definition) is 4. The third-order valence-electron chi connectivity index (χ3n) is 1.40. The van der Waals surface area contributed by atoms with Gasteiger partial charge in [0, 0.05) is 21.8 Å². The van der Waals surface area contributed by atoms with E-state index in [0.717, 1.165) is 11.3 Å². The molecule has 0 amide bonds. The molecule has 1 aromatic heterocycles. The first-order valence-electron chi connectivity index (χ1n) is 4.04. The van der Waals surface area contributed by atoms with Crippen LogP contribution in [0.2, 0.25) is 0 Å². The first-order valence-corrected chi connectivity index (χ1v) is 6.89. The van der Waals surface area contributed by atoms with Gasteiger partial charge in [0.15, 0.2) is 0 Å². The van der Waals surface area contributed by atoms with E-state index in [9.17, 15) is 18.0 Å². The lowest BCUT2D eigenvalue weighted by Crippen LogP contribution is -2.02. The topological polar surface area (TPSA) is 37.3 Å². The Balaban J connectivity index is 2.30. The normalized spacial score (nSPS) is 11.7. The lowest BCUT2D eigenvalue weighted by molar-refractivity contribution is -0.0326. The molecular weight excluding hydrogens is 281 g/mol. The molecule has 0 saturated carbocycles. The number of carboxylic acid groups (broad SMARTS) is 1. The molecule has 0 fully saturated rings. The van der Waals surface area contributed by atoms with Crippen molar-refractivity contribution in [3.05, 3.63) is 16.3 Å². The maximum absolute atomic E-state index is 11.8. The third kappa shape index (κ3) is 5.13. The van der Waals surface area contributed by atoms with E-state index in [1.807, 2.05) is 0 Å². The van der Waals surface area contributed by atoms with Crippen molar-refractivity contribution in [3.63, 3.8) is 0 Å². The number of aromatic carboxylic acids is 1. The minimum atomic E-state index is -4.19. The third-order valence-corrected chi connectivity index (χ3v) is 4.44. The lowest BCUT2D eigenvalue weighted by atomic mass is 10.5. The van der Waals surface area contributed by atoms with Crippen LogP contribution >= 0.6 is 34.9 Å². The number of hydrogen-bond donors (Lipinski definition) is 1. The number of thioether (sulfide) groups is 2. The van der Waals surface area contributed by atoms with Gasteiger partial charge in [-0.25, -0.2) is 4.79 Å². The highest BCUT2D eigenvalue weighted by Crippen LogP contribution is 2.32. The van der Waals surface area contributed by atoms with Gasteiger partial charge in [-0.05, 0) is 6.07 Å². The van der Waals surface area contributed by atoms with Gasteiger partial charge in [-0.15, -0.1) is 23.1 Å². The molecule has 8 heteroatoms. The van der Waals surface area contributed by atoms with Crippen molar-refractivity contribution in [2.75, 3.05) is 11.5 Å². The zero-order chi connectivity index (χ0) is 12.2. The van der Waals surface area contributed by atoms with Crippen molar-refractivity contribution in [3.8, 4) is 0 Å². The van der Waals surface area contributed by atoms with Gasteiger partial charge < -0.3 is 5.11 Å². The first-order chi connectivity index (χ1) is 7.38. The number of halogens is 3. The number of carbonyl (C=O) groups is 1. The summed E-state index contributed by atoms with van der Waals surface area (Å²) in [5, 5.41) is 10.3. The molecule has 1 rings (SSSR count). The van der Waals surface area contributed by atoms with E-state index in [2.05, 4.69) is 0 Å². The van der Waals surface area contributed by atoms with Crippen LogP contribution in [0.5, 0.6) is 0 Å². The summed E-state index contributed by atoms with van der Waals surface area (Å²) in [5.41, 5.74) is -4.19. The van der Waals surface area contributed by atoms with Crippen molar-refractivity contribution in [1.82, 2.24) is 0 Å². The van der Waals surface area contributed by atoms with Crippen molar-refractivity contribution >= 4 is 40.8 Å². The summed E-state index contributed by atoms with van der Waals surface area (Å²) in [5.74, 6) is -0.742. The highest BCUT2D eigenvalue weighted by molar-refractivity contribution is 8.03. The fraction of sp³-hybridized carbons (Fsp3) is 0.375. The fourth-order valence-electron chi connectivity index (χ4n) is 0.824. The van der Waals surface area contributed by atoms with Crippen LogP contribution in [-0.4, -0.2) is 28.1 Å². The summed E-state index contributed by atoms with van der Waals surface area (Å²) in [6.07, 6.45) is 0. The van der Waals surface area contributed by atoms with Gasteiger partial charge in [0.2, 0.25) is 0 Å². The van der Waals surface area contributed by atoms with Crippen LogP contribution in [0.15, 0.2) is 16.3 Å². The monoisotopic (exact) mass is 288 g/mol. The molecule has 0 atom stereocenters. The molecule has 0 bridgehead atoms. The molecule has 0 saturated heterocycles. The molecule has 90 valence electrons. The molecule has 0 aliphatic carbocycles. The first kappa shape index (κ1) is 13.7. The second-order valence-corrected chi connectivity index (χ2v) is 5.83. The summed E-state index contributed by atoms with van der Waals surface area (Å²) in [4.78, 5) is 11.4. The molecule has 0 unspecified atom stereocenters. The predicted octanol–water partition coefficient (Wildman–Crippen LogP) is 3.79. The van der Waals surface area contributed by atoms with E-state index < -0.39 is 11.5 Å². The Morgan fingerprint density at radius 2 is 2.12 bits per heavy atom. The van der Waals surface area contributed by atoms with Gasteiger partial charge in [-0.3, -0.25) is 0 Å². The van der Waals surface area contributed by atoms with Crippen LogP contribution < -0.4 is 0 Å². The largest absolute Gasteiger partial charge is 0.477 e. The van der Waals surface area contributed by atoms with Crippen LogP contribution in [0.3, 0.4) is 0 Å². The molecule has 0 radical (unpaired) electrons. The molecule has 2 nitrogen and oxygen atoms in total. The second kappa shape index (κ2) is 5.83. The fourth-order valence-corrected chi connectivity index (χ4v) is 3.26. The molecule has 1 N–H and O–H groups in total. The smallest absolute Gasteiger partial charge is 0.441 e. The zero-order valence-electron chi connectivity index (χ0n) is 7.78. The number of carboxylic acids is 1. The van der Waals surface area contributed by atoms with Crippen molar-refractivity contribution < 1.29 is 23.1 Å². The van der Waals surface area contributed by atoms with E-state index in [1.165, 1.54) is 17.8 Å². The highest BCUT2D eigenvalue weighted by Gasteiger charge is 2.27. The van der Waals surface area contributed by atoms with Crippen molar-refractivity contribution in [2.24, 2.45) is 0 Å². The summed E-state index contributed by atoms with van der Waals surface area (Å²) in [6, 6.07) is 1.47. The van der Waals surface area contributed by atoms with Gasteiger partial charge >= 0.3 is 11.5 Å². The predicted molar refractivity (Wildman–Crippen MR) is 60.5 cm³/mol. The van der Waals surface area contributed by atoms with Crippen LogP contribution in [-0.2, 0) is 0 Å². The number of alkyl halides is 3. The van der Waals surface area contributed by atoms with E-state index in [0.29, 0.717) is 10.6 Å². The summed E-state index contributed by atoms with van der Waals surface area (Å²) < 4.78 is 35.3. The Morgan fingerprint density at radius 3 is 2.62 bits per heavy atom. The maximum atomic E-state index is 11.8. The van der Waals surface area contributed by atoms with Crippen molar-refractivity contribution in [1.29, 1.82) is 0 Å². The Bertz CT molecular complexity index is 362. The van der Waals surface area contributed by atoms with Crippen LogP contribution in [0.1, 0.15) is 9.67 Å². The average molecular weight is 288 g/mol.